The highest BCUT2D eigenvalue weighted by molar-refractivity contribution is 5.97. The van der Waals surface area contributed by atoms with E-state index in [4.69, 9.17) is 9.47 Å². The van der Waals surface area contributed by atoms with Crippen molar-refractivity contribution >= 4 is 23.9 Å². The average molecular weight is 467 g/mol. The summed E-state index contributed by atoms with van der Waals surface area (Å²) in [6, 6.07) is 17.2. The molecule has 0 bridgehead atoms. The van der Waals surface area contributed by atoms with Gasteiger partial charge in [0.05, 0.1) is 0 Å². The lowest BCUT2D eigenvalue weighted by atomic mass is 9.89. The molecule has 0 radical (unpaired) electrons. The molecular formula is C26H30N2O6. The molecule has 2 aromatic rings. The van der Waals surface area contributed by atoms with Crippen molar-refractivity contribution < 1.29 is 28.7 Å². The second-order valence-corrected chi connectivity index (χ2v) is 8.30. The van der Waals surface area contributed by atoms with Gasteiger partial charge in [0.25, 0.3) is 5.91 Å². The number of alkyl carbamates (subject to hydrolysis) is 1. The molecule has 1 aliphatic carbocycles. The van der Waals surface area contributed by atoms with E-state index in [0.717, 1.165) is 43.2 Å². The molecule has 0 spiro atoms. The van der Waals surface area contributed by atoms with E-state index in [-0.39, 0.29) is 24.9 Å². The van der Waals surface area contributed by atoms with Gasteiger partial charge in [-0.15, -0.1) is 0 Å². The first-order chi connectivity index (χ1) is 16.5. The van der Waals surface area contributed by atoms with Crippen LogP contribution >= 0.6 is 0 Å². The Balaban J connectivity index is 1.52. The van der Waals surface area contributed by atoms with Crippen LogP contribution in [0.1, 0.15) is 43.2 Å². The molecule has 1 aliphatic rings. The fourth-order valence-corrected chi connectivity index (χ4v) is 3.83. The molecule has 1 fully saturated rings. The lowest BCUT2D eigenvalue weighted by molar-refractivity contribution is -0.151. The van der Waals surface area contributed by atoms with Crippen molar-refractivity contribution in [2.24, 2.45) is 5.92 Å². The van der Waals surface area contributed by atoms with Crippen LogP contribution in [0, 0.1) is 5.92 Å². The summed E-state index contributed by atoms with van der Waals surface area (Å²) in [6.07, 6.45) is 3.92. The molecule has 0 aliphatic heterocycles. The summed E-state index contributed by atoms with van der Waals surface area (Å²) < 4.78 is 10.3. The molecule has 0 heterocycles. The lowest BCUT2D eigenvalue weighted by Gasteiger charge is -2.20. The summed E-state index contributed by atoms with van der Waals surface area (Å²) in [5.41, 5.74) is 1.60. The van der Waals surface area contributed by atoms with Crippen LogP contribution in [0.3, 0.4) is 0 Å². The van der Waals surface area contributed by atoms with Crippen LogP contribution in [0.5, 0.6) is 0 Å². The molecule has 2 N–H and O–H groups in total. The van der Waals surface area contributed by atoms with Gasteiger partial charge in [-0.2, -0.15) is 0 Å². The second kappa shape index (κ2) is 13.1. The molecule has 1 atom stereocenters. The van der Waals surface area contributed by atoms with Crippen LogP contribution in [0.4, 0.5) is 4.79 Å². The van der Waals surface area contributed by atoms with Crippen molar-refractivity contribution in [3.05, 3.63) is 71.8 Å². The van der Waals surface area contributed by atoms with Crippen molar-refractivity contribution in [3.8, 4) is 0 Å². The molecule has 1 unspecified atom stereocenters. The SMILES string of the molecule is O=C(COC(=O)C(Cc1ccccc1)NC(=O)OCc1ccccc1)NC(=O)C1CCCCC1. The van der Waals surface area contributed by atoms with E-state index in [0.29, 0.717) is 0 Å². The normalized spacial score (nSPS) is 14.5. The number of amides is 3. The van der Waals surface area contributed by atoms with Gasteiger partial charge in [-0.05, 0) is 24.0 Å². The molecule has 8 heteroatoms. The van der Waals surface area contributed by atoms with Crippen LogP contribution < -0.4 is 10.6 Å². The van der Waals surface area contributed by atoms with Crippen molar-refractivity contribution in [1.29, 1.82) is 0 Å². The Morgan fingerprint density at radius 1 is 0.824 bits per heavy atom. The fourth-order valence-electron chi connectivity index (χ4n) is 3.83. The molecule has 1 saturated carbocycles. The number of nitrogens with one attached hydrogen (secondary N) is 2. The topological polar surface area (TPSA) is 111 Å². The summed E-state index contributed by atoms with van der Waals surface area (Å²) in [6.45, 7) is -0.561. The van der Waals surface area contributed by atoms with Gasteiger partial charge in [0, 0.05) is 12.3 Å². The van der Waals surface area contributed by atoms with Gasteiger partial charge in [0.1, 0.15) is 12.6 Å². The largest absolute Gasteiger partial charge is 0.454 e. The molecule has 8 nitrogen and oxygen atoms in total. The van der Waals surface area contributed by atoms with E-state index in [1.165, 1.54) is 0 Å². The maximum atomic E-state index is 12.7. The summed E-state index contributed by atoms with van der Waals surface area (Å²) in [5.74, 6) is -1.99. The minimum absolute atomic E-state index is 0.0471. The molecule has 0 saturated heterocycles. The number of carbonyl (C=O) groups excluding carboxylic acids is 4. The minimum Gasteiger partial charge on any atom is -0.454 e. The van der Waals surface area contributed by atoms with E-state index in [2.05, 4.69) is 10.6 Å². The number of hydrogen-bond acceptors (Lipinski definition) is 6. The number of ether oxygens (including phenoxy) is 2. The van der Waals surface area contributed by atoms with Crippen molar-refractivity contribution in [2.45, 2.75) is 51.2 Å². The zero-order valence-corrected chi connectivity index (χ0v) is 19.0. The van der Waals surface area contributed by atoms with E-state index < -0.39 is 30.6 Å². The Labute approximate surface area is 199 Å². The third-order valence-corrected chi connectivity index (χ3v) is 5.66. The minimum atomic E-state index is -1.06. The third kappa shape index (κ3) is 8.35. The Morgan fingerprint density at radius 3 is 2.09 bits per heavy atom. The molecule has 180 valence electrons. The van der Waals surface area contributed by atoms with Crippen LogP contribution in [-0.4, -0.2) is 36.5 Å². The van der Waals surface area contributed by atoms with Gasteiger partial charge in [0.15, 0.2) is 6.61 Å². The predicted octanol–water partition coefficient (Wildman–Crippen LogP) is 3.29. The number of esters is 1. The zero-order chi connectivity index (χ0) is 24.2. The average Bonchev–Trinajstić information content (AvgIpc) is 2.87. The maximum Gasteiger partial charge on any atom is 0.408 e. The molecule has 2 aromatic carbocycles. The highest BCUT2D eigenvalue weighted by atomic mass is 16.6. The van der Waals surface area contributed by atoms with E-state index in [1.807, 2.05) is 60.7 Å². The number of imide groups is 1. The zero-order valence-electron chi connectivity index (χ0n) is 19.0. The number of carbonyl (C=O) groups is 4. The number of hydrogen-bond donors (Lipinski definition) is 2. The molecule has 3 amide bonds. The highest BCUT2D eigenvalue weighted by Gasteiger charge is 2.26. The summed E-state index contributed by atoms with van der Waals surface area (Å²) in [7, 11) is 0. The molecule has 0 aromatic heterocycles. The van der Waals surface area contributed by atoms with E-state index in [1.54, 1.807) is 0 Å². The van der Waals surface area contributed by atoms with E-state index >= 15 is 0 Å². The quantitative estimate of drug-likeness (QED) is 0.549. The molecule has 34 heavy (non-hydrogen) atoms. The smallest absolute Gasteiger partial charge is 0.408 e. The van der Waals surface area contributed by atoms with Gasteiger partial charge in [-0.3, -0.25) is 14.9 Å². The van der Waals surface area contributed by atoms with Crippen molar-refractivity contribution in [3.63, 3.8) is 0 Å². The standard InChI is InChI=1S/C26H30N2O6/c29-23(28-24(30)21-14-8-3-9-15-21)18-33-25(31)22(16-19-10-4-1-5-11-19)27-26(32)34-17-20-12-6-2-7-13-20/h1-2,4-7,10-13,21-22H,3,8-9,14-18H2,(H,27,32)(H,28,29,30). The van der Waals surface area contributed by atoms with Gasteiger partial charge >= 0.3 is 12.1 Å². The first-order valence-corrected chi connectivity index (χ1v) is 11.5. The van der Waals surface area contributed by atoms with Crippen LogP contribution in [0.2, 0.25) is 0 Å². The lowest BCUT2D eigenvalue weighted by Crippen LogP contribution is -2.45. The summed E-state index contributed by atoms with van der Waals surface area (Å²) >= 11 is 0. The molecular weight excluding hydrogens is 436 g/mol. The summed E-state index contributed by atoms with van der Waals surface area (Å²) in [5, 5.41) is 4.82. The second-order valence-electron chi connectivity index (χ2n) is 8.30. The van der Waals surface area contributed by atoms with Crippen molar-refractivity contribution in [1.82, 2.24) is 10.6 Å². The monoisotopic (exact) mass is 466 g/mol. The third-order valence-electron chi connectivity index (χ3n) is 5.66. The Morgan fingerprint density at radius 2 is 1.44 bits per heavy atom. The van der Waals surface area contributed by atoms with Gasteiger partial charge in [-0.1, -0.05) is 79.9 Å². The Hall–Kier alpha value is -3.68. The number of benzene rings is 2. The van der Waals surface area contributed by atoms with Crippen LogP contribution in [0.15, 0.2) is 60.7 Å². The maximum absolute atomic E-state index is 12.7. The number of rotatable bonds is 9. The van der Waals surface area contributed by atoms with Gasteiger partial charge < -0.3 is 14.8 Å². The highest BCUT2D eigenvalue weighted by Crippen LogP contribution is 2.23. The Bertz CT molecular complexity index is 958. The first kappa shape index (κ1) is 25.0. The fraction of sp³-hybridized carbons (Fsp3) is 0.385. The predicted molar refractivity (Wildman–Crippen MR) is 124 cm³/mol. The first-order valence-electron chi connectivity index (χ1n) is 11.5. The van der Waals surface area contributed by atoms with Crippen molar-refractivity contribution in [2.75, 3.05) is 6.61 Å². The van der Waals surface area contributed by atoms with Crippen LogP contribution in [-0.2, 0) is 36.9 Å². The Kier molecular flexibility index (Phi) is 9.64. The van der Waals surface area contributed by atoms with Gasteiger partial charge in [-0.25, -0.2) is 9.59 Å². The molecule has 3 rings (SSSR count). The van der Waals surface area contributed by atoms with Crippen LogP contribution in [0.25, 0.3) is 0 Å². The summed E-state index contributed by atoms with van der Waals surface area (Å²) in [4.78, 5) is 49.4. The van der Waals surface area contributed by atoms with E-state index in [9.17, 15) is 19.2 Å². The van der Waals surface area contributed by atoms with Gasteiger partial charge in [0.2, 0.25) is 5.91 Å².